The maximum atomic E-state index is 10.4. The maximum Gasteiger partial charge on any atom is 0.250 e. The molecule has 1 fully saturated rings. The molecule has 0 bridgehead atoms. The van der Waals surface area contributed by atoms with Crippen molar-refractivity contribution in [2.24, 2.45) is 0 Å². The van der Waals surface area contributed by atoms with Gasteiger partial charge in [-0.3, -0.25) is 20.0 Å². The van der Waals surface area contributed by atoms with Crippen molar-refractivity contribution < 1.29 is 9.59 Å². The molecule has 0 aromatic heterocycles. The van der Waals surface area contributed by atoms with Crippen molar-refractivity contribution in [3.05, 3.63) is 0 Å². The molecule has 1 heterocycles. The molecule has 0 unspecified atom stereocenters. The maximum absolute atomic E-state index is 10.4. The lowest BCUT2D eigenvalue weighted by Crippen LogP contribution is -2.31. The van der Waals surface area contributed by atoms with Crippen molar-refractivity contribution in [3.63, 3.8) is 0 Å². The summed E-state index contributed by atoms with van der Waals surface area (Å²) in [4.78, 5) is 20.7. The average Bonchev–Trinajstić information content (AvgIpc) is 1.85. The first kappa shape index (κ1) is 5.08. The van der Waals surface area contributed by atoms with Gasteiger partial charge in [-0.25, -0.2) is 0 Å². The van der Waals surface area contributed by atoms with Crippen LogP contribution in [0.4, 0.5) is 0 Å². The van der Waals surface area contributed by atoms with Gasteiger partial charge in [-0.05, 0) is 0 Å². The predicted octanol–water partition coefficient (Wildman–Crippen LogP) is -1.12. The Balaban J connectivity index is 2.64. The number of hydrazine groups is 1. The third-order valence-electron chi connectivity index (χ3n) is 0.978. The Bertz CT molecular complexity index is 143. The fourth-order valence-electron chi connectivity index (χ4n) is 0.545. The van der Waals surface area contributed by atoms with Gasteiger partial charge < -0.3 is 0 Å². The van der Waals surface area contributed by atoms with Crippen molar-refractivity contribution in [2.75, 3.05) is 7.05 Å². The van der Waals surface area contributed by atoms with E-state index >= 15 is 0 Å². The Morgan fingerprint density at radius 3 is 2.38 bits per heavy atom. The molecular formula is C4H6N2O2. The molecule has 4 heteroatoms. The monoisotopic (exact) mass is 114 g/mol. The van der Waals surface area contributed by atoms with Gasteiger partial charge in [0.25, 0.3) is 0 Å². The minimum atomic E-state index is -0.225. The summed E-state index contributed by atoms with van der Waals surface area (Å²) in [5.74, 6) is -0.396. The molecule has 1 saturated heterocycles. The third kappa shape index (κ3) is 0.641. The lowest BCUT2D eigenvalue weighted by Gasteiger charge is -2.04. The van der Waals surface area contributed by atoms with Crippen LogP contribution in [0.1, 0.15) is 6.42 Å². The molecule has 0 radical (unpaired) electrons. The van der Waals surface area contributed by atoms with Gasteiger partial charge in [0.2, 0.25) is 11.8 Å². The Labute approximate surface area is 46.4 Å². The summed E-state index contributed by atoms with van der Waals surface area (Å²) in [6.07, 6.45) is -0.00347. The molecule has 1 N–H and O–H groups in total. The van der Waals surface area contributed by atoms with Gasteiger partial charge in [-0.1, -0.05) is 0 Å². The van der Waals surface area contributed by atoms with Gasteiger partial charge in [0.15, 0.2) is 0 Å². The van der Waals surface area contributed by atoms with Crippen LogP contribution in [-0.4, -0.2) is 23.9 Å². The predicted molar refractivity (Wildman–Crippen MR) is 25.5 cm³/mol. The van der Waals surface area contributed by atoms with Crippen LogP contribution in [0.2, 0.25) is 0 Å². The van der Waals surface area contributed by atoms with Gasteiger partial charge >= 0.3 is 0 Å². The van der Waals surface area contributed by atoms with Crippen LogP contribution < -0.4 is 5.43 Å². The lowest BCUT2D eigenvalue weighted by molar-refractivity contribution is -0.128. The first-order valence-corrected chi connectivity index (χ1v) is 2.26. The molecule has 1 aliphatic heterocycles. The number of amides is 2. The number of hydrogen-bond acceptors (Lipinski definition) is 2. The van der Waals surface area contributed by atoms with E-state index in [0.717, 1.165) is 0 Å². The van der Waals surface area contributed by atoms with Crippen LogP contribution in [-0.2, 0) is 9.59 Å². The van der Waals surface area contributed by atoms with Crippen molar-refractivity contribution in [2.45, 2.75) is 6.42 Å². The summed E-state index contributed by atoms with van der Waals surface area (Å²) >= 11 is 0. The summed E-state index contributed by atoms with van der Waals surface area (Å²) in [5.41, 5.74) is 2.31. The quantitative estimate of drug-likeness (QED) is 0.405. The van der Waals surface area contributed by atoms with E-state index < -0.39 is 0 Å². The molecule has 4 nitrogen and oxygen atoms in total. The number of nitrogens with zero attached hydrogens (tertiary/aromatic N) is 1. The number of rotatable bonds is 0. The fraction of sp³-hybridized carbons (Fsp3) is 0.500. The number of hydrogen-bond donors (Lipinski definition) is 1. The van der Waals surface area contributed by atoms with Gasteiger partial charge in [0.05, 0.1) is 0 Å². The van der Waals surface area contributed by atoms with E-state index in [9.17, 15) is 9.59 Å². The second-order valence-electron chi connectivity index (χ2n) is 1.66. The van der Waals surface area contributed by atoms with E-state index in [1.54, 1.807) is 0 Å². The average molecular weight is 114 g/mol. The smallest absolute Gasteiger partial charge is 0.250 e. The van der Waals surface area contributed by atoms with E-state index in [4.69, 9.17) is 0 Å². The number of carbonyl (C=O) groups is 2. The Morgan fingerprint density at radius 2 is 2.25 bits per heavy atom. The molecular weight excluding hydrogens is 108 g/mol. The van der Waals surface area contributed by atoms with Crippen LogP contribution >= 0.6 is 0 Å². The van der Waals surface area contributed by atoms with Crippen molar-refractivity contribution in [3.8, 4) is 0 Å². The normalized spacial score (nSPS) is 19.4. The zero-order chi connectivity index (χ0) is 6.15. The van der Waals surface area contributed by atoms with Crippen molar-refractivity contribution in [1.29, 1.82) is 0 Å². The van der Waals surface area contributed by atoms with Crippen LogP contribution in [0, 0.1) is 0 Å². The van der Waals surface area contributed by atoms with E-state index in [2.05, 4.69) is 5.43 Å². The van der Waals surface area contributed by atoms with Crippen molar-refractivity contribution >= 4 is 11.8 Å². The minimum absolute atomic E-state index is 0.00347. The zero-order valence-corrected chi connectivity index (χ0v) is 4.47. The topological polar surface area (TPSA) is 49.4 Å². The summed E-state index contributed by atoms with van der Waals surface area (Å²) in [7, 11) is 1.52. The molecule has 2 amide bonds. The van der Waals surface area contributed by atoms with Crippen LogP contribution in [0.5, 0.6) is 0 Å². The molecule has 44 valence electrons. The Hall–Kier alpha value is -1.06. The Morgan fingerprint density at radius 1 is 1.62 bits per heavy atom. The summed E-state index contributed by atoms with van der Waals surface area (Å²) in [6.45, 7) is 0. The first-order valence-electron chi connectivity index (χ1n) is 2.26. The SMILES string of the molecule is CN1NC(=O)CC1=O. The molecule has 0 aromatic carbocycles. The summed E-state index contributed by atoms with van der Waals surface area (Å²) < 4.78 is 0. The summed E-state index contributed by atoms with van der Waals surface area (Å²) in [5, 5.41) is 1.18. The largest absolute Gasteiger partial charge is 0.273 e. The van der Waals surface area contributed by atoms with Crippen molar-refractivity contribution in [1.82, 2.24) is 10.4 Å². The number of nitrogens with one attached hydrogen (secondary N) is 1. The van der Waals surface area contributed by atoms with Crippen LogP contribution in [0.3, 0.4) is 0 Å². The molecule has 1 rings (SSSR count). The highest BCUT2D eigenvalue weighted by atomic mass is 16.2. The standard InChI is InChI=1S/C4H6N2O2/c1-6-4(8)2-3(7)5-6/h2H2,1H3,(H,5,7). The van der Waals surface area contributed by atoms with Crippen LogP contribution in [0.25, 0.3) is 0 Å². The van der Waals surface area contributed by atoms with Gasteiger partial charge in [0.1, 0.15) is 6.42 Å². The zero-order valence-electron chi connectivity index (χ0n) is 4.47. The molecule has 0 aliphatic carbocycles. The highest BCUT2D eigenvalue weighted by molar-refractivity contribution is 6.01. The molecule has 0 aromatic rings. The fourth-order valence-corrected chi connectivity index (χ4v) is 0.545. The Kier molecular flexibility index (Phi) is 0.932. The van der Waals surface area contributed by atoms with Crippen LogP contribution in [0.15, 0.2) is 0 Å². The molecule has 0 atom stereocenters. The molecule has 0 spiro atoms. The number of carbonyl (C=O) groups excluding carboxylic acids is 2. The van der Waals surface area contributed by atoms with E-state index in [-0.39, 0.29) is 18.2 Å². The molecule has 0 saturated carbocycles. The van der Waals surface area contributed by atoms with E-state index in [1.807, 2.05) is 0 Å². The van der Waals surface area contributed by atoms with E-state index in [0.29, 0.717) is 0 Å². The molecule has 8 heavy (non-hydrogen) atoms. The van der Waals surface area contributed by atoms with Gasteiger partial charge in [-0.15, -0.1) is 0 Å². The highest BCUT2D eigenvalue weighted by Gasteiger charge is 2.22. The second kappa shape index (κ2) is 1.47. The highest BCUT2D eigenvalue weighted by Crippen LogP contribution is 1.94. The second-order valence-corrected chi connectivity index (χ2v) is 1.66. The third-order valence-corrected chi connectivity index (χ3v) is 0.978. The van der Waals surface area contributed by atoms with E-state index in [1.165, 1.54) is 12.1 Å². The van der Waals surface area contributed by atoms with Gasteiger partial charge in [-0.2, -0.15) is 0 Å². The summed E-state index contributed by atoms with van der Waals surface area (Å²) in [6, 6.07) is 0. The lowest BCUT2D eigenvalue weighted by atomic mass is 10.4. The molecule has 1 aliphatic rings. The minimum Gasteiger partial charge on any atom is -0.273 e. The first-order chi connectivity index (χ1) is 3.70. The van der Waals surface area contributed by atoms with Gasteiger partial charge in [0, 0.05) is 7.05 Å².